The van der Waals surface area contributed by atoms with E-state index in [0.29, 0.717) is 24.9 Å². The van der Waals surface area contributed by atoms with E-state index in [-0.39, 0.29) is 29.9 Å². The fourth-order valence-electron chi connectivity index (χ4n) is 4.43. The molecule has 2 aliphatic heterocycles. The van der Waals surface area contributed by atoms with Crippen LogP contribution in [0.5, 0.6) is 0 Å². The Hall–Kier alpha value is -1.35. The molecule has 0 bridgehead atoms. The van der Waals surface area contributed by atoms with E-state index in [1.165, 1.54) is 12.0 Å². The van der Waals surface area contributed by atoms with Crippen LogP contribution in [0.1, 0.15) is 51.5 Å². The van der Waals surface area contributed by atoms with Crippen molar-refractivity contribution in [1.29, 1.82) is 0 Å². The molecule has 2 heterocycles. The van der Waals surface area contributed by atoms with Crippen LogP contribution < -0.4 is 10.6 Å². The van der Waals surface area contributed by atoms with E-state index in [2.05, 4.69) is 64.7 Å². The van der Waals surface area contributed by atoms with Gasteiger partial charge in [-0.15, -0.1) is 24.0 Å². The zero-order valence-corrected chi connectivity index (χ0v) is 21.5. The topological polar surface area (TPSA) is 60.0 Å². The summed E-state index contributed by atoms with van der Waals surface area (Å²) in [6.07, 6.45) is 5.09. The number of guanidine groups is 1. The van der Waals surface area contributed by atoms with Crippen LogP contribution in [0.2, 0.25) is 0 Å². The summed E-state index contributed by atoms with van der Waals surface area (Å²) in [4.78, 5) is 21.7. The van der Waals surface area contributed by atoms with Crippen molar-refractivity contribution in [3.05, 3.63) is 35.9 Å². The molecule has 1 atom stereocenters. The van der Waals surface area contributed by atoms with Crippen LogP contribution in [0.4, 0.5) is 0 Å². The summed E-state index contributed by atoms with van der Waals surface area (Å²) in [6, 6.07) is 11.1. The number of hydrogen-bond donors (Lipinski definition) is 2. The van der Waals surface area contributed by atoms with Crippen LogP contribution in [-0.2, 0) is 11.3 Å². The molecular weight excluding hydrogens is 501 g/mol. The quantitative estimate of drug-likeness (QED) is 0.316. The number of carbonyl (C=O) groups is 1. The molecule has 0 aliphatic carbocycles. The first-order valence-corrected chi connectivity index (χ1v) is 11.7. The molecule has 1 aromatic carbocycles. The van der Waals surface area contributed by atoms with Crippen molar-refractivity contribution in [3.63, 3.8) is 0 Å². The van der Waals surface area contributed by atoms with Crippen molar-refractivity contribution in [3.8, 4) is 0 Å². The standard InChI is InChI=1S/C24H39N5O.HI/c1-3-25-24(26-14-11-23(30)29-15-7-8-20(2)18-29)27-22-12-16-28(17-13-22)19-21-9-5-4-6-10-21;/h4-6,9-10,20,22H,3,7-8,11-19H2,1-2H3,(H2,25,26,27);1H. The summed E-state index contributed by atoms with van der Waals surface area (Å²) in [5.74, 6) is 1.71. The summed E-state index contributed by atoms with van der Waals surface area (Å²) in [7, 11) is 0. The molecule has 3 rings (SSSR count). The fraction of sp³-hybridized carbons (Fsp3) is 0.667. The van der Waals surface area contributed by atoms with E-state index in [1.54, 1.807) is 0 Å². The number of amides is 1. The lowest BCUT2D eigenvalue weighted by Crippen LogP contribution is -2.48. The smallest absolute Gasteiger partial charge is 0.224 e. The molecule has 31 heavy (non-hydrogen) atoms. The molecule has 0 aromatic heterocycles. The van der Waals surface area contributed by atoms with Crippen LogP contribution in [0.25, 0.3) is 0 Å². The van der Waals surface area contributed by atoms with Gasteiger partial charge in [-0.25, -0.2) is 0 Å². The third-order valence-electron chi connectivity index (χ3n) is 6.13. The summed E-state index contributed by atoms with van der Waals surface area (Å²) < 4.78 is 0. The van der Waals surface area contributed by atoms with Crippen molar-refractivity contribution in [2.24, 2.45) is 10.9 Å². The predicted octanol–water partition coefficient (Wildman–Crippen LogP) is 3.47. The minimum Gasteiger partial charge on any atom is -0.357 e. The molecule has 1 aromatic rings. The van der Waals surface area contributed by atoms with Crippen molar-refractivity contribution in [2.75, 3.05) is 39.3 Å². The van der Waals surface area contributed by atoms with Crippen molar-refractivity contribution in [2.45, 2.75) is 58.5 Å². The number of carbonyl (C=O) groups excluding carboxylic acids is 1. The minimum atomic E-state index is 0. The number of halogens is 1. The van der Waals surface area contributed by atoms with Gasteiger partial charge in [-0.1, -0.05) is 37.3 Å². The molecule has 0 spiro atoms. The van der Waals surface area contributed by atoms with Gasteiger partial charge in [0.15, 0.2) is 5.96 Å². The lowest BCUT2D eigenvalue weighted by Gasteiger charge is -2.33. The van der Waals surface area contributed by atoms with Crippen molar-refractivity contribution in [1.82, 2.24) is 20.4 Å². The Labute approximate surface area is 205 Å². The molecule has 0 radical (unpaired) electrons. The highest BCUT2D eigenvalue weighted by atomic mass is 127. The van der Waals surface area contributed by atoms with Crippen LogP contribution in [0, 0.1) is 5.92 Å². The number of rotatable bonds is 7. The molecule has 1 amide bonds. The lowest BCUT2D eigenvalue weighted by atomic mass is 10.00. The van der Waals surface area contributed by atoms with Gasteiger partial charge in [-0.2, -0.15) is 0 Å². The van der Waals surface area contributed by atoms with Crippen LogP contribution >= 0.6 is 24.0 Å². The Kier molecular flexibility index (Phi) is 11.6. The van der Waals surface area contributed by atoms with Gasteiger partial charge >= 0.3 is 0 Å². The highest BCUT2D eigenvalue weighted by Crippen LogP contribution is 2.16. The van der Waals surface area contributed by atoms with E-state index in [1.807, 2.05) is 4.90 Å². The van der Waals surface area contributed by atoms with Crippen LogP contribution in [-0.4, -0.2) is 67.0 Å². The Morgan fingerprint density at radius 2 is 1.87 bits per heavy atom. The number of hydrogen-bond acceptors (Lipinski definition) is 3. The molecule has 2 N–H and O–H groups in total. The molecule has 174 valence electrons. The summed E-state index contributed by atoms with van der Waals surface area (Å²) in [6.45, 7) is 10.7. The second-order valence-corrected chi connectivity index (χ2v) is 8.78. The first-order chi connectivity index (χ1) is 14.6. The molecule has 2 saturated heterocycles. The molecule has 2 fully saturated rings. The maximum atomic E-state index is 12.5. The van der Waals surface area contributed by atoms with Gasteiger partial charge in [0.25, 0.3) is 0 Å². The lowest BCUT2D eigenvalue weighted by molar-refractivity contribution is -0.132. The second kappa shape index (κ2) is 13.9. The third kappa shape index (κ3) is 8.96. The summed E-state index contributed by atoms with van der Waals surface area (Å²) in [5, 5.41) is 6.93. The largest absolute Gasteiger partial charge is 0.357 e. The Balaban J connectivity index is 0.00000341. The highest BCUT2D eigenvalue weighted by Gasteiger charge is 2.21. The van der Waals surface area contributed by atoms with E-state index in [9.17, 15) is 4.79 Å². The third-order valence-corrected chi connectivity index (χ3v) is 6.13. The van der Waals surface area contributed by atoms with Gasteiger partial charge in [0.05, 0.1) is 6.54 Å². The van der Waals surface area contributed by atoms with Crippen LogP contribution in [0.15, 0.2) is 35.3 Å². The van der Waals surface area contributed by atoms with Gasteiger partial charge in [-0.05, 0) is 44.1 Å². The molecule has 0 saturated carbocycles. The predicted molar refractivity (Wildman–Crippen MR) is 139 cm³/mol. The number of likely N-dealkylation sites (tertiary alicyclic amines) is 2. The van der Waals surface area contributed by atoms with E-state index >= 15 is 0 Å². The van der Waals surface area contributed by atoms with Gasteiger partial charge in [-0.3, -0.25) is 14.7 Å². The normalized spacial score (nSPS) is 20.8. The Bertz CT molecular complexity index is 676. The van der Waals surface area contributed by atoms with Crippen molar-refractivity contribution < 1.29 is 4.79 Å². The van der Waals surface area contributed by atoms with Crippen LogP contribution in [0.3, 0.4) is 0 Å². The fourth-order valence-corrected chi connectivity index (χ4v) is 4.43. The highest BCUT2D eigenvalue weighted by molar-refractivity contribution is 14.0. The summed E-state index contributed by atoms with van der Waals surface area (Å²) >= 11 is 0. The molecular formula is C24H40IN5O. The maximum absolute atomic E-state index is 12.5. The van der Waals surface area contributed by atoms with Gasteiger partial charge in [0.2, 0.25) is 5.91 Å². The summed E-state index contributed by atoms with van der Waals surface area (Å²) in [5.41, 5.74) is 1.38. The molecule has 7 heteroatoms. The SMILES string of the molecule is CCNC(=NCCC(=O)N1CCCC(C)C1)NC1CCN(Cc2ccccc2)CC1.I. The first-order valence-electron chi connectivity index (χ1n) is 11.7. The maximum Gasteiger partial charge on any atom is 0.224 e. The first kappa shape index (κ1) is 25.9. The second-order valence-electron chi connectivity index (χ2n) is 8.78. The Morgan fingerprint density at radius 3 is 2.55 bits per heavy atom. The van der Waals surface area contributed by atoms with E-state index in [4.69, 9.17) is 0 Å². The van der Waals surface area contributed by atoms with Gasteiger partial charge in [0.1, 0.15) is 0 Å². The van der Waals surface area contributed by atoms with Gasteiger partial charge in [0, 0.05) is 51.7 Å². The van der Waals surface area contributed by atoms with Crippen molar-refractivity contribution >= 4 is 35.8 Å². The molecule has 1 unspecified atom stereocenters. The van der Waals surface area contributed by atoms with Gasteiger partial charge < -0.3 is 15.5 Å². The van der Waals surface area contributed by atoms with E-state index < -0.39 is 0 Å². The number of nitrogens with zero attached hydrogens (tertiary/aromatic N) is 3. The minimum absolute atomic E-state index is 0. The zero-order valence-electron chi connectivity index (χ0n) is 19.2. The average Bonchev–Trinajstić information content (AvgIpc) is 2.76. The molecule has 2 aliphatic rings. The zero-order chi connectivity index (χ0) is 21.2. The Morgan fingerprint density at radius 1 is 1.13 bits per heavy atom. The number of piperidine rings is 2. The average molecular weight is 542 g/mol. The monoisotopic (exact) mass is 541 g/mol. The number of benzene rings is 1. The number of nitrogens with one attached hydrogen (secondary N) is 2. The van der Waals surface area contributed by atoms with E-state index in [0.717, 1.165) is 64.5 Å². The molecule has 6 nitrogen and oxygen atoms in total. The number of aliphatic imine (C=N–C) groups is 1.